The normalized spacial score (nSPS) is 33.9. The van der Waals surface area contributed by atoms with Gasteiger partial charge in [-0.25, -0.2) is 0 Å². The molecule has 4 nitrogen and oxygen atoms in total. The van der Waals surface area contributed by atoms with Crippen molar-refractivity contribution in [3.05, 3.63) is 28.8 Å². The van der Waals surface area contributed by atoms with Gasteiger partial charge >= 0.3 is 0 Å². The number of fused-ring (bicyclic) bond motifs is 1. The second-order valence-electron chi connectivity index (χ2n) is 8.90. The van der Waals surface area contributed by atoms with Crippen molar-refractivity contribution in [1.82, 2.24) is 5.32 Å². The monoisotopic (exact) mass is 387 g/mol. The van der Waals surface area contributed by atoms with Crippen molar-refractivity contribution >= 4 is 23.6 Å². The van der Waals surface area contributed by atoms with E-state index in [0.717, 1.165) is 49.0 Å². The van der Waals surface area contributed by atoms with E-state index in [0.29, 0.717) is 29.7 Å². The molecule has 27 heavy (non-hydrogen) atoms. The molecule has 0 spiro atoms. The zero-order valence-corrected chi connectivity index (χ0v) is 16.3. The number of carbonyl (C=O) groups is 1. The summed E-state index contributed by atoms with van der Waals surface area (Å²) in [4.78, 5) is 12.6. The molecule has 1 heterocycles. The van der Waals surface area contributed by atoms with Crippen LogP contribution in [0.4, 0.5) is 0 Å². The summed E-state index contributed by atoms with van der Waals surface area (Å²) < 4.78 is 11.4. The topological polar surface area (TPSA) is 47.6 Å². The summed E-state index contributed by atoms with van der Waals surface area (Å²) in [5, 5.41) is 3.89. The SMILES string of the molecule is O=C(/C=C/c1cc(Cl)c2c(c1)OCCCO2)NC12CC3CC(CC(C3)C1)C2. The van der Waals surface area contributed by atoms with Crippen LogP contribution in [0.25, 0.3) is 6.08 Å². The van der Waals surface area contributed by atoms with Gasteiger partial charge in [0.1, 0.15) is 0 Å². The quantitative estimate of drug-likeness (QED) is 0.771. The molecule has 1 N–H and O–H groups in total. The van der Waals surface area contributed by atoms with E-state index in [-0.39, 0.29) is 11.4 Å². The van der Waals surface area contributed by atoms with Crippen LogP contribution in [0.3, 0.4) is 0 Å². The molecule has 0 saturated heterocycles. The van der Waals surface area contributed by atoms with Gasteiger partial charge in [0.15, 0.2) is 11.5 Å². The zero-order valence-electron chi connectivity index (χ0n) is 15.5. The molecular formula is C22H26ClNO3. The minimum Gasteiger partial charge on any atom is -0.489 e. The first-order valence-electron chi connectivity index (χ1n) is 10.2. The second kappa shape index (κ2) is 6.73. The number of halogens is 1. The lowest BCUT2D eigenvalue weighted by Crippen LogP contribution is -2.59. The van der Waals surface area contributed by atoms with Gasteiger partial charge in [0.2, 0.25) is 5.91 Å². The predicted octanol–water partition coefficient (Wildman–Crippen LogP) is 4.60. The van der Waals surface area contributed by atoms with Crippen LogP contribution in [0.5, 0.6) is 11.5 Å². The van der Waals surface area contributed by atoms with Crippen LogP contribution < -0.4 is 14.8 Å². The first-order valence-corrected chi connectivity index (χ1v) is 10.6. The summed E-state index contributed by atoms with van der Waals surface area (Å²) in [6, 6.07) is 3.71. The summed E-state index contributed by atoms with van der Waals surface area (Å²) in [6.07, 6.45) is 11.9. The highest BCUT2D eigenvalue weighted by Gasteiger charge is 2.51. The predicted molar refractivity (Wildman–Crippen MR) is 105 cm³/mol. The molecule has 1 amide bonds. The molecule has 4 fully saturated rings. The Morgan fingerprint density at radius 3 is 2.44 bits per heavy atom. The maximum absolute atomic E-state index is 12.6. The summed E-state index contributed by atoms with van der Waals surface area (Å²) in [5.74, 6) is 3.72. The number of hydrogen-bond donors (Lipinski definition) is 1. The largest absolute Gasteiger partial charge is 0.489 e. The van der Waals surface area contributed by atoms with E-state index in [4.69, 9.17) is 21.1 Å². The molecule has 5 aliphatic rings. The fraction of sp³-hybridized carbons (Fsp3) is 0.591. The minimum atomic E-state index is 0.000170. The van der Waals surface area contributed by atoms with Crippen LogP contribution in [-0.4, -0.2) is 24.7 Å². The molecule has 0 aromatic heterocycles. The van der Waals surface area contributed by atoms with Crippen LogP contribution in [-0.2, 0) is 4.79 Å². The van der Waals surface area contributed by atoms with Crippen molar-refractivity contribution in [2.24, 2.45) is 17.8 Å². The van der Waals surface area contributed by atoms with E-state index in [2.05, 4.69) is 5.32 Å². The van der Waals surface area contributed by atoms with Gasteiger partial charge in [-0.2, -0.15) is 0 Å². The molecule has 1 aliphatic heterocycles. The van der Waals surface area contributed by atoms with Crippen LogP contribution in [0.15, 0.2) is 18.2 Å². The molecule has 4 saturated carbocycles. The first kappa shape index (κ1) is 17.4. The van der Waals surface area contributed by atoms with Crippen LogP contribution in [0.2, 0.25) is 5.02 Å². The van der Waals surface area contributed by atoms with Crippen LogP contribution >= 0.6 is 11.6 Å². The van der Waals surface area contributed by atoms with Crippen molar-refractivity contribution in [2.45, 2.75) is 50.5 Å². The Morgan fingerprint density at radius 1 is 1.07 bits per heavy atom. The third-order valence-corrected chi connectivity index (χ3v) is 6.96. The fourth-order valence-corrected chi connectivity index (χ4v) is 6.36. The van der Waals surface area contributed by atoms with Gasteiger partial charge in [-0.3, -0.25) is 4.79 Å². The average Bonchev–Trinajstić information content (AvgIpc) is 2.84. The highest BCUT2D eigenvalue weighted by molar-refractivity contribution is 6.32. The third kappa shape index (κ3) is 3.44. The van der Waals surface area contributed by atoms with Gasteiger partial charge in [-0.15, -0.1) is 0 Å². The summed E-state index contributed by atoms with van der Waals surface area (Å²) in [6.45, 7) is 1.22. The van der Waals surface area contributed by atoms with E-state index in [1.165, 1.54) is 19.3 Å². The Morgan fingerprint density at radius 2 is 1.74 bits per heavy atom. The summed E-state index contributed by atoms with van der Waals surface area (Å²) in [5.41, 5.74) is 0.892. The molecule has 1 aromatic rings. The molecule has 5 heteroatoms. The van der Waals surface area contributed by atoms with Crippen molar-refractivity contribution in [3.8, 4) is 11.5 Å². The average molecular weight is 388 g/mol. The fourth-order valence-electron chi connectivity index (χ4n) is 6.09. The number of nitrogens with one attached hydrogen (secondary N) is 1. The second-order valence-corrected chi connectivity index (χ2v) is 9.31. The van der Waals surface area contributed by atoms with Gasteiger partial charge in [-0.05, 0) is 80.1 Å². The molecular weight excluding hydrogens is 362 g/mol. The Balaban J connectivity index is 1.29. The Hall–Kier alpha value is -1.68. The lowest BCUT2D eigenvalue weighted by molar-refractivity contribution is -0.122. The van der Waals surface area contributed by atoms with E-state index < -0.39 is 0 Å². The third-order valence-electron chi connectivity index (χ3n) is 6.68. The number of amides is 1. The van der Waals surface area contributed by atoms with Gasteiger partial charge in [0.25, 0.3) is 0 Å². The van der Waals surface area contributed by atoms with Crippen molar-refractivity contribution in [2.75, 3.05) is 13.2 Å². The minimum absolute atomic E-state index is 0.000170. The lowest BCUT2D eigenvalue weighted by Gasteiger charge is -2.56. The Bertz CT molecular complexity index is 753. The maximum Gasteiger partial charge on any atom is 0.244 e. The molecule has 0 unspecified atom stereocenters. The number of rotatable bonds is 3. The van der Waals surface area contributed by atoms with E-state index in [9.17, 15) is 4.79 Å². The highest BCUT2D eigenvalue weighted by atomic mass is 35.5. The number of benzene rings is 1. The summed E-state index contributed by atoms with van der Waals surface area (Å²) in [7, 11) is 0. The first-order chi connectivity index (χ1) is 13.1. The van der Waals surface area contributed by atoms with Gasteiger partial charge in [-0.1, -0.05) is 11.6 Å². The standard InChI is InChI=1S/C22H26ClNO3/c23-18-9-14(10-19-21(18)27-5-1-4-26-19)2-3-20(25)24-22-11-15-6-16(12-22)8-17(7-15)13-22/h2-3,9-10,15-17H,1,4-8,11-13H2,(H,24,25)/b3-2+. The molecule has 4 bridgehead atoms. The van der Waals surface area contributed by atoms with Crippen molar-refractivity contribution in [3.63, 3.8) is 0 Å². The smallest absolute Gasteiger partial charge is 0.244 e. The number of hydrogen-bond acceptors (Lipinski definition) is 3. The van der Waals surface area contributed by atoms with Crippen LogP contribution in [0.1, 0.15) is 50.5 Å². The zero-order chi connectivity index (χ0) is 18.4. The molecule has 0 atom stereocenters. The van der Waals surface area contributed by atoms with Gasteiger partial charge in [0, 0.05) is 18.0 Å². The van der Waals surface area contributed by atoms with E-state index in [1.807, 2.05) is 18.2 Å². The Labute approximate surface area is 165 Å². The molecule has 1 aromatic carbocycles. The molecule has 6 rings (SSSR count). The lowest BCUT2D eigenvalue weighted by atomic mass is 9.53. The molecule has 4 aliphatic carbocycles. The Kier molecular flexibility index (Phi) is 4.34. The van der Waals surface area contributed by atoms with Gasteiger partial charge < -0.3 is 14.8 Å². The van der Waals surface area contributed by atoms with Crippen LogP contribution in [0, 0.1) is 17.8 Å². The molecule has 144 valence electrons. The number of ether oxygens (including phenoxy) is 2. The van der Waals surface area contributed by atoms with Gasteiger partial charge in [0.05, 0.1) is 18.2 Å². The molecule has 0 radical (unpaired) electrons. The maximum atomic E-state index is 12.6. The van der Waals surface area contributed by atoms with E-state index in [1.54, 1.807) is 6.08 Å². The summed E-state index contributed by atoms with van der Waals surface area (Å²) >= 11 is 6.34. The highest BCUT2D eigenvalue weighted by Crippen LogP contribution is 2.55. The number of carbonyl (C=O) groups excluding carboxylic acids is 1. The van der Waals surface area contributed by atoms with Crippen molar-refractivity contribution in [1.29, 1.82) is 0 Å². The van der Waals surface area contributed by atoms with E-state index >= 15 is 0 Å². The van der Waals surface area contributed by atoms with Crippen molar-refractivity contribution < 1.29 is 14.3 Å².